The Morgan fingerprint density at radius 1 is 1.03 bits per heavy atom. The Bertz CT molecular complexity index is 1420. The topological polar surface area (TPSA) is 100 Å². The molecule has 0 aliphatic carbocycles. The number of carbonyl (C=O) groups is 2. The second-order valence-electron chi connectivity index (χ2n) is 7.57. The molecule has 2 N–H and O–H groups in total. The highest BCUT2D eigenvalue weighted by molar-refractivity contribution is 9.10. The number of nitrogens with one attached hydrogen (secondary N) is 2. The number of hydrogen-bond donors (Lipinski definition) is 2. The van der Waals surface area contributed by atoms with Gasteiger partial charge in [0.25, 0.3) is 11.8 Å². The molecule has 0 aliphatic heterocycles. The van der Waals surface area contributed by atoms with E-state index in [4.69, 9.17) is 9.47 Å². The molecular formula is C26H18BrF4N3O4. The van der Waals surface area contributed by atoms with Crippen LogP contribution in [0.4, 0.5) is 28.9 Å². The van der Waals surface area contributed by atoms with Crippen LogP contribution < -0.4 is 20.1 Å². The smallest absolute Gasteiger partial charge is 0.416 e. The number of anilines is 2. The van der Waals surface area contributed by atoms with Crippen LogP contribution in [-0.4, -0.2) is 25.5 Å². The van der Waals surface area contributed by atoms with Crippen LogP contribution in [0.25, 0.3) is 6.08 Å². The Kier molecular flexibility index (Phi) is 9.09. The number of ether oxygens (including phenoxy) is 2. The zero-order chi connectivity index (χ0) is 27.9. The number of benzene rings is 3. The Balaban J connectivity index is 1.74. The number of halogens is 5. The van der Waals surface area contributed by atoms with Crippen molar-refractivity contribution >= 4 is 45.2 Å². The SMILES string of the molecule is COc1cc(/C=C(/C#N)C(=O)Nc2cccc(C(F)(F)F)c2)c(Br)cc1OCC(=O)Nc1ccc(F)cc1. The van der Waals surface area contributed by atoms with Crippen LogP contribution in [-0.2, 0) is 15.8 Å². The Morgan fingerprint density at radius 3 is 2.37 bits per heavy atom. The molecule has 0 aliphatic rings. The predicted molar refractivity (Wildman–Crippen MR) is 135 cm³/mol. The average Bonchev–Trinajstić information content (AvgIpc) is 2.87. The lowest BCUT2D eigenvalue weighted by Crippen LogP contribution is -2.20. The fraction of sp³-hybridized carbons (Fsp3) is 0.115. The van der Waals surface area contributed by atoms with E-state index in [0.29, 0.717) is 15.7 Å². The van der Waals surface area contributed by atoms with Crippen molar-refractivity contribution in [3.8, 4) is 17.6 Å². The molecule has 0 saturated carbocycles. The summed E-state index contributed by atoms with van der Waals surface area (Å²) in [7, 11) is 1.34. The normalized spacial score (nSPS) is 11.3. The number of amides is 2. The molecule has 0 spiro atoms. The van der Waals surface area contributed by atoms with Crippen LogP contribution in [0.3, 0.4) is 0 Å². The van der Waals surface area contributed by atoms with Gasteiger partial charge in [-0.15, -0.1) is 0 Å². The van der Waals surface area contributed by atoms with Crippen molar-refractivity contribution in [2.75, 3.05) is 24.4 Å². The van der Waals surface area contributed by atoms with Gasteiger partial charge in [0, 0.05) is 15.8 Å². The molecule has 0 heterocycles. The molecule has 196 valence electrons. The van der Waals surface area contributed by atoms with E-state index in [1.807, 2.05) is 0 Å². The maximum absolute atomic E-state index is 13.0. The number of methoxy groups -OCH3 is 1. The molecule has 2 amide bonds. The second kappa shape index (κ2) is 12.2. The van der Waals surface area contributed by atoms with E-state index in [-0.39, 0.29) is 17.2 Å². The highest BCUT2D eigenvalue weighted by Gasteiger charge is 2.30. The summed E-state index contributed by atoms with van der Waals surface area (Å²) in [4.78, 5) is 24.7. The van der Waals surface area contributed by atoms with E-state index >= 15 is 0 Å². The Labute approximate surface area is 222 Å². The van der Waals surface area contributed by atoms with E-state index in [1.54, 1.807) is 6.07 Å². The molecule has 0 atom stereocenters. The van der Waals surface area contributed by atoms with Gasteiger partial charge < -0.3 is 20.1 Å². The van der Waals surface area contributed by atoms with Crippen LogP contribution in [0.15, 0.2) is 70.7 Å². The summed E-state index contributed by atoms with van der Waals surface area (Å²) in [6, 6.07) is 13.8. The Hall–Kier alpha value is -4.37. The third-order valence-electron chi connectivity index (χ3n) is 4.88. The maximum Gasteiger partial charge on any atom is 0.416 e. The number of rotatable bonds is 8. The zero-order valence-electron chi connectivity index (χ0n) is 19.5. The van der Waals surface area contributed by atoms with Gasteiger partial charge >= 0.3 is 6.18 Å². The predicted octanol–water partition coefficient (Wildman–Crippen LogP) is 6.18. The first kappa shape index (κ1) is 28.2. The van der Waals surface area contributed by atoms with Gasteiger partial charge in [-0.25, -0.2) is 4.39 Å². The summed E-state index contributed by atoms with van der Waals surface area (Å²) in [5.74, 6) is -1.55. The van der Waals surface area contributed by atoms with Crippen molar-refractivity contribution < 1.29 is 36.6 Å². The lowest BCUT2D eigenvalue weighted by molar-refractivity contribution is -0.137. The minimum absolute atomic E-state index is 0.134. The van der Waals surface area contributed by atoms with Gasteiger partial charge in [-0.3, -0.25) is 9.59 Å². The van der Waals surface area contributed by atoms with Crippen LogP contribution in [0.5, 0.6) is 11.5 Å². The van der Waals surface area contributed by atoms with Crippen molar-refractivity contribution in [1.29, 1.82) is 5.26 Å². The lowest BCUT2D eigenvalue weighted by atomic mass is 10.1. The molecule has 0 saturated heterocycles. The Morgan fingerprint density at radius 2 is 1.74 bits per heavy atom. The summed E-state index contributed by atoms with van der Waals surface area (Å²) in [6.45, 7) is -0.405. The summed E-state index contributed by atoms with van der Waals surface area (Å²) in [6.07, 6.45) is -3.39. The molecule has 3 aromatic rings. The lowest BCUT2D eigenvalue weighted by Gasteiger charge is -2.13. The summed E-state index contributed by atoms with van der Waals surface area (Å²) in [5.41, 5.74) is -0.781. The minimum Gasteiger partial charge on any atom is -0.493 e. The van der Waals surface area contributed by atoms with Gasteiger partial charge in [0.05, 0.1) is 12.7 Å². The molecule has 0 unspecified atom stereocenters. The van der Waals surface area contributed by atoms with Gasteiger partial charge in [0.15, 0.2) is 18.1 Å². The van der Waals surface area contributed by atoms with Gasteiger partial charge in [-0.05, 0) is 66.2 Å². The van der Waals surface area contributed by atoms with Gasteiger partial charge in [-0.2, -0.15) is 18.4 Å². The van der Waals surface area contributed by atoms with E-state index in [1.165, 1.54) is 55.7 Å². The van der Waals surface area contributed by atoms with E-state index in [0.717, 1.165) is 18.2 Å². The van der Waals surface area contributed by atoms with Gasteiger partial charge in [0.2, 0.25) is 0 Å². The summed E-state index contributed by atoms with van der Waals surface area (Å²) in [5, 5.41) is 14.3. The van der Waals surface area contributed by atoms with Crippen molar-refractivity contribution in [1.82, 2.24) is 0 Å². The summed E-state index contributed by atoms with van der Waals surface area (Å²) >= 11 is 3.30. The number of alkyl halides is 3. The van der Waals surface area contributed by atoms with Crippen LogP contribution in [0.1, 0.15) is 11.1 Å². The first-order valence-electron chi connectivity index (χ1n) is 10.7. The van der Waals surface area contributed by atoms with Crippen molar-refractivity contribution in [2.45, 2.75) is 6.18 Å². The van der Waals surface area contributed by atoms with Crippen molar-refractivity contribution in [3.05, 3.63) is 87.7 Å². The fourth-order valence-corrected chi connectivity index (χ4v) is 3.52. The first-order chi connectivity index (χ1) is 18.0. The average molecular weight is 592 g/mol. The van der Waals surface area contributed by atoms with E-state index < -0.39 is 41.6 Å². The third kappa shape index (κ3) is 7.57. The number of hydrogen-bond acceptors (Lipinski definition) is 5. The molecule has 3 rings (SSSR count). The third-order valence-corrected chi connectivity index (χ3v) is 5.57. The van der Waals surface area contributed by atoms with Gasteiger partial charge in [-0.1, -0.05) is 22.0 Å². The maximum atomic E-state index is 13.0. The van der Waals surface area contributed by atoms with E-state index in [9.17, 15) is 32.4 Å². The van der Waals surface area contributed by atoms with Crippen molar-refractivity contribution in [3.63, 3.8) is 0 Å². The molecule has 38 heavy (non-hydrogen) atoms. The molecule has 0 aromatic heterocycles. The van der Waals surface area contributed by atoms with Crippen molar-refractivity contribution in [2.24, 2.45) is 0 Å². The van der Waals surface area contributed by atoms with Crippen LogP contribution in [0, 0.1) is 17.1 Å². The zero-order valence-corrected chi connectivity index (χ0v) is 21.1. The highest BCUT2D eigenvalue weighted by Crippen LogP contribution is 2.35. The second-order valence-corrected chi connectivity index (χ2v) is 8.43. The largest absolute Gasteiger partial charge is 0.493 e. The standard InChI is InChI=1S/C26H18BrF4N3O4/c1-37-22-10-15(9-16(13-32)25(36)34-20-4-2-3-17(11-20)26(29,30)31)21(27)12-23(22)38-14-24(35)33-19-7-5-18(28)6-8-19/h2-12H,14H2,1H3,(H,33,35)(H,34,36)/b16-9-. The highest BCUT2D eigenvalue weighted by atomic mass is 79.9. The first-order valence-corrected chi connectivity index (χ1v) is 11.5. The molecular weight excluding hydrogens is 574 g/mol. The quantitative estimate of drug-likeness (QED) is 0.185. The summed E-state index contributed by atoms with van der Waals surface area (Å²) < 4.78 is 63.0. The molecule has 0 radical (unpaired) electrons. The molecule has 12 heteroatoms. The minimum atomic E-state index is -4.60. The molecule has 3 aromatic carbocycles. The number of carbonyl (C=O) groups excluding carboxylic acids is 2. The van der Waals surface area contributed by atoms with Crippen LogP contribution in [0.2, 0.25) is 0 Å². The number of nitriles is 1. The van der Waals surface area contributed by atoms with Crippen LogP contribution >= 0.6 is 15.9 Å². The molecule has 0 fully saturated rings. The van der Waals surface area contributed by atoms with E-state index in [2.05, 4.69) is 26.6 Å². The van der Waals surface area contributed by atoms with Gasteiger partial charge in [0.1, 0.15) is 17.5 Å². The molecule has 0 bridgehead atoms. The number of nitrogens with zero attached hydrogens (tertiary/aromatic N) is 1. The monoisotopic (exact) mass is 591 g/mol. The fourth-order valence-electron chi connectivity index (χ4n) is 3.08. The molecule has 7 nitrogen and oxygen atoms in total.